The highest BCUT2D eigenvalue weighted by Gasteiger charge is 2.38. The number of piperidine rings is 2. The third-order valence-corrected chi connectivity index (χ3v) is 6.02. The smallest absolute Gasteiger partial charge is 0.255 e. The lowest BCUT2D eigenvalue weighted by Gasteiger charge is -2.49. The molecule has 4 rings (SSSR count). The summed E-state index contributed by atoms with van der Waals surface area (Å²) in [6.45, 7) is 1.02. The van der Waals surface area contributed by atoms with Crippen LogP contribution in [0, 0.1) is 0 Å². The average Bonchev–Trinajstić information content (AvgIpc) is 2.69. The first-order valence-corrected chi connectivity index (χ1v) is 9.98. The molecule has 2 atom stereocenters. The van der Waals surface area contributed by atoms with E-state index in [0.717, 1.165) is 19.4 Å². The standard InChI is InChI=1S/C23H28N2O2/c1-27-22-13-6-5-12-21(22)23(26)24-18-14-19-10-7-11-20(15-18)25(19)16-17-8-3-2-4-9-17/h2-6,8-9,12-13,18-20H,7,10-11,14-16H2,1H3,(H,24,26). The Morgan fingerprint density at radius 3 is 2.41 bits per heavy atom. The fourth-order valence-electron chi connectivity index (χ4n) is 4.74. The van der Waals surface area contributed by atoms with E-state index in [4.69, 9.17) is 4.74 Å². The number of carbonyl (C=O) groups excluding carboxylic acids is 1. The second kappa shape index (κ2) is 8.13. The fraction of sp³-hybridized carbons (Fsp3) is 0.435. The lowest BCUT2D eigenvalue weighted by molar-refractivity contribution is 0.0177. The zero-order chi connectivity index (χ0) is 18.6. The van der Waals surface area contributed by atoms with Gasteiger partial charge in [0.1, 0.15) is 5.75 Å². The van der Waals surface area contributed by atoms with Gasteiger partial charge >= 0.3 is 0 Å². The molecule has 2 saturated heterocycles. The van der Waals surface area contributed by atoms with Crippen molar-refractivity contribution in [3.05, 3.63) is 65.7 Å². The van der Waals surface area contributed by atoms with Crippen molar-refractivity contribution < 1.29 is 9.53 Å². The fourth-order valence-corrected chi connectivity index (χ4v) is 4.74. The van der Waals surface area contributed by atoms with Crippen LogP contribution in [0.25, 0.3) is 0 Å². The number of fused-ring (bicyclic) bond motifs is 2. The Hall–Kier alpha value is -2.33. The van der Waals surface area contributed by atoms with Crippen LogP contribution in [0.4, 0.5) is 0 Å². The van der Waals surface area contributed by atoms with Crippen LogP contribution in [0.3, 0.4) is 0 Å². The van der Waals surface area contributed by atoms with E-state index < -0.39 is 0 Å². The van der Waals surface area contributed by atoms with E-state index in [9.17, 15) is 4.79 Å². The molecule has 2 aromatic rings. The maximum absolute atomic E-state index is 12.8. The van der Waals surface area contributed by atoms with E-state index in [2.05, 4.69) is 40.5 Å². The first kappa shape index (κ1) is 18.1. The highest BCUT2D eigenvalue weighted by atomic mass is 16.5. The van der Waals surface area contributed by atoms with Crippen LogP contribution in [0.2, 0.25) is 0 Å². The van der Waals surface area contributed by atoms with Gasteiger partial charge in [0.2, 0.25) is 0 Å². The highest BCUT2D eigenvalue weighted by molar-refractivity contribution is 5.97. The van der Waals surface area contributed by atoms with Gasteiger partial charge in [0.25, 0.3) is 5.91 Å². The summed E-state index contributed by atoms with van der Waals surface area (Å²) in [6.07, 6.45) is 5.82. The van der Waals surface area contributed by atoms with Crippen molar-refractivity contribution in [2.75, 3.05) is 7.11 Å². The van der Waals surface area contributed by atoms with Crippen LogP contribution < -0.4 is 10.1 Å². The van der Waals surface area contributed by atoms with Gasteiger partial charge in [-0.3, -0.25) is 9.69 Å². The summed E-state index contributed by atoms with van der Waals surface area (Å²) in [4.78, 5) is 15.5. The monoisotopic (exact) mass is 364 g/mol. The van der Waals surface area contributed by atoms with Gasteiger partial charge in [0, 0.05) is 24.7 Å². The van der Waals surface area contributed by atoms with Gasteiger partial charge < -0.3 is 10.1 Å². The van der Waals surface area contributed by atoms with E-state index in [0.29, 0.717) is 23.4 Å². The van der Waals surface area contributed by atoms with Crippen LogP contribution in [-0.2, 0) is 6.54 Å². The van der Waals surface area contributed by atoms with Crippen LogP contribution in [0.5, 0.6) is 5.75 Å². The molecule has 142 valence electrons. The predicted molar refractivity (Wildman–Crippen MR) is 107 cm³/mol. The molecule has 2 aliphatic heterocycles. The van der Waals surface area contributed by atoms with Crippen LogP contribution in [-0.4, -0.2) is 36.0 Å². The number of para-hydroxylation sites is 1. The Kier molecular flexibility index (Phi) is 5.44. The van der Waals surface area contributed by atoms with Gasteiger partial charge in [0.15, 0.2) is 0 Å². The molecule has 2 unspecified atom stereocenters. The zero-order valence-corrected chi connectivity index (χ0v) is 15.9. The number of nitrogens with one attached hydrogen (secondary N) is 1. The minimum Gasteiger partial charge on any atom is -0.496 e. The van der Waals surface area contributed by atoms with Crippen molar-refractivity contribution in [1.29, 1.82) is 0 Å². The number of benzene rings is 2. The third kappa shape index (κ3) is 4.01. The molecule has 4 heteroatoms. The largest absolute Gasteiger partial charge is 0.496 e. The summed E-state index contributed by atoms with van der Waals surface area (Å²) >= 11 is 0. The second-order valence-electron chi connectivity index (χ2n) is 7.74. The van der Waals surface area contributed by atoms with Crippen molar-refractivity contribution in [2.24, 2.45) is 0 Å². The zero-order valence-electron chi connectivity index (χ0n) is 15.9. The van der Waals surface area contributed by atoms with Crippen molar-refractivity contribution in [3.8, 4) is 5.75 Å². The molecule has 1 N–H and O–H groups in total. The summed E-state index contributed by atoms with van der Waals surface area (Å²) in [5.41, 5.74) is 2.00. The van der Waals surface area contributed by atoms with E-state index in [1.165, 1.54) is 24.8 Å². The van der Waals surface area contributed by atoms with Gasteiger partial charge in [-0.15, -0.1) is 0 Å². The van der Waals surface area contributed by atoms with Gasteiger partial charge in [-0.25, -0.2) is 0 Å². The summed E-state index contributed by atoms with van der Waals surface area (Å²) in [6, 6.07) is 19.5. The summed E-state index contributed by atoms with van der Waals surface area (Å²) in [5, 5.41) is 3.28. The van der Waals surface area contributed by atoms with E-state index in [-0.39, 0.29) is 11.9 Å². The molecule has 0 aliphatic carbocycles. The van der Waals surface area contributed by atoms with Crippen LogP contribution >= 0.6 is 0 Å². The molecule has 4 nitrogen and oxygen atoms in total. The number of amides is 1. The minimum absolute atomic E-state index is 0.0213. The maximum atomic E-state index is 12.8. The Labute approximate surface area is 161 Å². The first-order chi connectivity index (χ1) is 13.2. The van der Waals surface area contributed by atoms with Crippen molar-refractivity contribution in [2.45, 2.75) is 56.8 Å². The molecule has 2 fully saturated rings. The molecule has 27 heavy (non-hydrogen) atoms. The molecule has 0 aromatic heterocycles. The summed E-state index contributed by atoms with van der Waals surface area (Å²) in [5.74, 6) is 0.615. The summed E-state index contributed by atoms with van der Waals surface area (Å²) < 4.78 is 5.34. The Bertz CT molecular complexity index is 763. The number of ether oxygens (including phenoxy) is 1. The highest BCUT2D eigenvalue weighted by Crippen LogP contribution is 2.35. The van der Waals surface area contributed by atoms with Gasteiger partial charge in [0.05, 0.1) is 12.7 Å². The van der Waals surface area contributed by atoms with E-state index >= 15 is 0 Å². The Balaban J connectivity index is 1.43. The minimum atomic E-state index is -0.0213. The molecule has 2 aromatic carbocycles. The topological polar surface area (TPSA) is 41.6 Å². The number of nitrogens with zero attached hydrogens (tertiary/aromatic N) is 1. The van der Waals surface area contributed by atoms with Crippen LogP contribution in [0.15, 0.2) is 54.6 Å². The average molecular weight is 364 g/mol. The number of hydrogen-bond donors (Lipinski definition) is 1. The quantitative estimate of drug-likeness (QED) is 0.872. The molecular weight excluding hydrogens is 336 g/mol. The molecule has 1 amide bonds. The molecule has 2 aliphatic rings. The Morgan fingerprint density at radius 2 is 1.70 bits per heavy atom. The number of methoxy groups -OCH3 is 1. The van der Waals surface area contributed by atoms with Crippen molar-refractivity contribution >= 4 is 5.91 Å². The van der Waals surface area contributed by atoms with Crippen molar-refractivity contribution in [1.82, 2.24) is 10.2 Å². The number of carbonyl (C=O) groups is 1. The second-order valence-corrected chi connectivity index (χ2v) is 7.74. The molecule has 2 heterocycles. The SMILES string of the molecule is COc1ccccc1C(=O)NC1CC2CCCC(C1)N2Cc1ccccc1. The van der Waals surface area contributed by atoms with Crippen LogP contribution in [0.1, 0.15) is 48.0 Å². The predicted octanol–water partition coefficient (Wildman–Crippen LogP) is 4.01. The van der Waals surface area contributed by atoms with Crippen molar-refractivity contribution in [3.63, 3.8) is 0 Å². The normalized spacial score (nSPS) is 25.0. The molecule has 0 saturated carbocycles. The maximum Gasteiger partial charge on any atom is 0.255 e. The van der Waals surface area contributed by atoms with Gasteiger partial charge in [-0.2, -0.15) is 0 Å². The Morgan fingerprint density at radius 1 is 1.04 bits per heavy atom. The lowest BCUT2D eigenvalue weighted by Crippen LogP contribution is -2.56. The number of hydrogen-bond acceptors (Lipinski definition) is 3. The molecule has 0 radical (unpaired) electrons. The first-order valence-electron chi connectivity index (χ1n) is 9.98. The summed E-state index contributed by atoms with van der Waals surface area (Å²) in [7, 11) is 1.61. The molecule has 2 bridgehead atoms. The molecular formula is C23H28N2O2. The van der Waals surface area contributed by atoms with E-state index in [1.807, 2.05) is 24.3 Å². The van der Waals surface area contributed by atoms with E-state index in [1.54, 1.807) is 7.11 Å². The third-order valence-electron chi connectivity index (χ3n) is 6.02. The van der Waals surface area contributed by atoms with Gasteiger partial charge in [-0.05, 0) is 43.4 Å². The number of rotatable bonds is 5. The molecule has 0 spiro atoms. The van der Waals surface area contributed by atoms with Gasteiger partial charge in [-0.1, -0.05) is 48.9 Å². The lowest BCUT2D eigenvalue weighted by atomic mass is 9.81.